The van der Waals surface area contributed by atoms with E-state index in [9.17, 15) is 18.0 Å². The van der Waals surface area contributed by atoms with Crippen LogP contribution in [-0.4, -0.2) is 17.5 Å². The van der Waals surface area contributed by atoms with Crippen LogP contribution in [0.15, 0.2) is 54.7 Å². The highest BCUT2D eigenvalue weighted by Crippen LogP contribution is 2.30. The monoisotopic (exact) mass is 448 g/mol. The van der Waals surface area contributed by atoms with E-state index >= 15 is 0 Å². The van der Waals surface area contributed by atoms with Crippen LogP contribution in [-0.2, 0) is 22.8 Å². The zero-order chi connectivity index (χ0) is 22.6. The van der Waals surface area contributed by atoms with Gasteiger partial charge in [0.15, 0.2) is 11.7 Å². The van der Waals surface area contributed by atoms with E-state index in [4.69, 9.17) is 4.74 Å². The fourth-order valence-corrected chi connectivity index (χ4v) is 3.72. The summed E-state index contributed by atoms with van der Waals surface area (Å²) < 4.78 is 44.1. The largest absolute Gasteiger partial charge is 0.484 e. The number of aromatic nitrogens is 1. The summed E-state index contributed by atoms with van der Waals surface area (Å²) in [4.78, 5) is 17.0. The van der Waals surface area contributed by atoms with E-state index in [1.165, 1.54) is 23.0 Å². The summed E-state index contributed by atoms with van der Waals surface area (Å²) in [6.45, 7) is 6.18. The van der Waals surface area contributed by atoms with Crippen molar-refractivity contribution in [3.63, 3.8) is 0 Å². The van der Waals surface area contributed by atoms with Gasteiger partial charge < -0.3 is 4.74 Å². The van der Waals surface area contributed by atoms with E-state index in [0.717, 1.165) is 17.0 Å². The van der Waals surface area contributed by atoms with Gasteiger partial charge in [0, 0.05) is 17.5 Å². The average Bonchev–Trinajstić information content (AvgIpc) is 3.12. The zero-order valence-electron chi connectivity index (χ0n) is 17.4. The predicted octanol–water partition coefficient (Wildman–Crippen LogP) is 6.07. The number of anilines is 1. The fraction of sp³-hybridized carbons (Fsp3) is 0.304. The van der Waals surface area contributed by atoms with Gasteiger partial charge >= 0.3 is 6.18 Å². The average molecular weight is 449 g/mol. The molecular formula is C23H23F3N2O2S. The Kier molecular flexibility index (Phi) is 6.69. The van der Waals surface area contributed by atoms with Crippen LogP contribution in [0.25, 0.3) is 0 Å². The van der Waals surface area contributed by atoms with Crippen molar-refractivity contribution in [2.75, 3.05) is 11.9 Å². The van der Waals surface area contributed by atoms with Crippen molar-refractivity contribution in [2.45, 2.75) is 38.8 Å². The maximum Gasteiger partial charge on any atom is 0.416 e. The minimum atomic E-state index is -4.38. The first-order valence-corrected chi connectivity index (χ1v) is 10.5. The summed E-state index contributed by atoms with van der Waals surface area (Å²) >= 11 is 1.22. The second kappa shape index (κ2) is 9.09. The Morgan fingerprint density at radius 2 is 1.77 bits per heavy atom. The van der Waals surface area contributed by atoms with Crippen LogP contribution in [0.4, 0.5) is 18.3 Å². The van der Waals surface area contributed by atoms with E-state index in [1.54, 1.807) is 12.3 Å². The van der Waals surface area contributed by atoms with E-state index in [1.807, 2.05) is 24.3 Å². The number of halogens is 3. The number of hydrogen-bond acceptors (Lipinski definition) is 4. The normalized spacial score (nSPS) is 11.9. The number of carbonyl (C=O) groups excluding carboxylic acids is 1. The molecule has 0 aliphatic carbocycles. The first-order chi connectivity index (χ1) is 14.5. The SMILES string of the molecule is CC(C)(C)c1ccc(OCC(=O)Nc2ncc(Cc3cccc(C(F)(F)F)c3)s2)cc1. The van der Waals surface area contributed by atoms with Gasteiger partial charge in [-0.2, -0.15) is 13.2 Å². The van der Waals surface area contributed by atoms with Crippen molar-refractivity contribution < 1.29 is 22.7 Å². The minimum Gasteiger partial charge on any atom is -0.484 e. The summed E-state index contributed by atoms with van der Waals surface area (Å²) in [5, 5.41) is 3.03. The lowest BCUT2D eigenvalue weighted by atomic mass is 9.87. The molecule has 1 aromatic heterocycles. The van der Waals surface area contributed by atoms with Gasteiger partial charge in [0.1, 0.15) is 5.75 Å². The summed E-state index contributed by atoms with van der Waals surface area (Å²) in [5.74, 6) is 0.229. The van der Waals surface area contributed by atoms with Gasteiger partial charge in [0.05, 0.1) is 5.56 Å². The molecule has 0 radical (unpaired) electrons. The van der Waals surface area contributed by atoms with Crippen molar-refractivity contribution in [3.05, 3.63) is 76.3 Å². The van der Waals surface area contributed by atoms with E-state index in [0.29, 0.717) is 22.9 Å². The highest BCUT2D eigenvalue weighted by atomic mass is 32.1. The number of alkyl halides is 3. The number of amides is 1. The molecule has 3 rings (SSSR count). The summed E-state index contributed by atoms with van der Waals surface area (Å²) in [7, 11) is 0. The van der Waals surface area contributed by atoms with Gasteiger partial charge in [-0.15, -0.1) is 11.3 Å². The number of hydrogen-bond donors (Lipinski definition) is 1. The third-order valence-corrected chi connectivity index (χ3v) is 5.44. The van der Waals surface area contributed by atoms with Crippen LogP contribution in [0.3, 0.4) is 0 Å². The molecule has 4 nitrogen and oxygen atoms in total. The van der Waals surface area contributed by atoms with Crippen LogP contribution < -0.4 is 10.1 Å². The molecule has 0 aliphatic heterocycles. The Labute approximate surface area is 183 Å². The third-order valence-electron chi connectivity index (χ3n) is 4.52. The number of nitrogens with one attached hydrogen (secondary N) is 1. The maximum absolute atomic E-state index is 12.9. The van der Waals surface area contributed by atoms with E-state index < -0.39 is 11.7 Å². The lowest BCUT2D eigenvalue weighted by Gasteiger charge is -2.19. The molecule has 1 N–H and O–H groups in total. The van der Waals surface area contributed by atoms with Crippen molar-refractivity contribution >= 4 is 22.4 Å². The smallest absolute Gasteiger partial charge is 0.416 e. The van der Waals surface area contributed by atoms with Crippen LogP contribution in [0.1, 0.15) is 42.3 Å². The fourth-order valence-electron chi connectivity index (χ4n) is 2.86. The quantitative estimate of drug-likeness (QED) is 0.498. The molecule has 0 saturated heterocycles. The van der Waals surface area contributed by atoms with Gasteiger partial charge in [0.2, 0.25) is 0 Å². The summed E-state index contributed by atoms with van der Waals surface area (Å²) in [5.41, 5.74) is 1.04. The molecule has 2 aromatic carbocycles. The molecular weight excluding hydrogens is 425 g/mol. The lowest BCUT2D eigenvalue weighted by molar-refractivity contribution is -0.137. The number of rotatable bonds is 6. The molecule has 164 valence electrons. The molecule has 1 heterocycles. The molecule has 0 bridgehead atoms. The van der Waals surface area contributed by atoms with Crippen LogP contribution in [0.5, 0.6) is 5.75 Å². The van der Waals surface area contributed by atoms with E-state index in [-0.39, 0.29) is 17.9 Å². The molecule has 0 atom stereocenters. The Bertz CT molecular complexity index is 1040. The number of carbonyl (C=O) groups is 1. The van der Waals surface area contributed by atoms with Crippen molar-refractivity contribution in [1.82, 2.24) is 4.98 Å². The molecule has 3 aromatic rings. The molecule has 0 unspecified atom stereocenters. The topological polar surface area (TPSA) is 51.2 Å². The predicted molar refractivity (Wildman–Crippen MR) is 116 cm³/mol. The number of nitrogens with zero attached hydrogens (tertiary/aromatic N) is 1. The first kappa shape index (κ1) is 22.8. The van der Waals surface area contributed by atoms with Crippen molar-refractivity contribution in [2.24, 2.45) is 0 Å². The highest BCUT2D eigenvalue weighted by molar-refractivity contribution is 7.15. The molecule has 1 amide bonds. The van der Waals surface area contributed by atoms with Gasteiger partial charge in [-0.05, 0) is 34.7 Å². The third kappa shape index (κ3) is 6.55. The number of thiazole rings is 1. The van der Waals surface area contributed by atoms with Gasteiger partial charge in [-0.1, -0.05) is 51.1 Å². The second-order valence-corrected chi connectivity index (χ2v) is 9.23. The molecule has 8 heteroatoms. The molecule has 31 heavy (non-hydrogen) atoms. The van der Waals surface area contributed by atoms with Gasteiger partial charge in [-0.3, -0.25) is 10.1 Å². The standard InChI is InChI=1S/C23H23F3N2O2S/c1-22(2,3)16-7-9-18(10-8-16)30-14-20(29)28-21-27-13-19(31-21)12-15-5-4-6-17(11-15)23(24,25)26/h4-11,13H,12,14H2,1-3H3,(H,27,28,29). The minimum absolute atomic E-state index is 0.0342. The summed E-state index contributed by atoms with van der Waals surface area (Å²) in [6.07, 6.45) is -2.53. The molecule has 0 fully saturated rings. The van der Waals surface area contributed by atoms with Gasteiger partial charge in [-0.25, -0.2) is 4.98 Å². The number of benzene rings is 2. The second-order valence-electron chi connectivity index (χ2n) is 8.12. The number of ether oxygens (including phenoxy) is 1. The van der Waals surface area contributed by atoms with Crippen molar-refractivity contribution in [1.29, 1.82) is 0 Å². The summed E-state index contributed by atoms with van der Waals surface area (Å²) in [6, 6.07) is 12.8. The Morgan fingerprint density at radius 3 is 2.42 bits per heavy atom. The van der Waals surface area contributed by atoms with Gasteiger partial charge in [0.25, 0.3) is 5.91 Å². The van der Waals surface area contributed by atoms with E-state index in [2.05, 4.69) is 31.1 Å². The molecule has 0 saturated carbocycles. The van der Waals surface area contributed by atoms with Crippen LogP contribution >= 0.6 is 11.3 Å². The highest BCUT2D eigenvalue weighted by Gasteiger charge is 2.30. The maximum atomic E-state index is 12.9. The Hall–Kier alpha value is -2.87. The van der Waals surface area contributed by atoms with Crippen LogP contribution in [0.2, 0.25) is 0 Å². The van der Waals surface area contributed by atoms with Crippen molar-refractivity contribution in [3.8, 4) is 5.75 Å². The first-order valence-electron chi connectivity index (χ1n) is 9.65. The lowest BCUT2D eigenvalue weighted by Crippen LogP contribution is -2.20. The Balaban J connectivity index is 1.53. The molecule has 0 spiro atoms. The Morgan fingerprint density at radius 1 is 1.06 bits per heavy atom. The van der Waals surface area contributed by atoms with Crippen LogP contribution in [0, 0.1) is 0 Å². The zero-order valence-corrected chi connectivity index (χ0v) is 18.2. The molecule has 0 aliphatic rings.